The van der Waals surface area contributed by atoms with Gasteiger partial charge in [-0.1, -0.05) is 29.8 Å². The monoisotopic (exact) mass is 403 g/mol. The number of hydrogen-bond donors (Lipinski definition) is 1. The van der Waals surface area contributed by atoms with Crippen LogP contribution in [0.2, 0.25) is 5.02 Å². The van der Waals surface area contributed by atoms with Crippen molar-refractivity contribution in [1.29, 1.82) is 0 Å². The molecule has 2 aromatic carbocycles. The first-order chi connectivity index (χ1) is 13.3. The van der Waals surface area contributed by atoms with Gasteiger partial charge >= 0.3 is 6.18 Å². The number of aryl methyl sites for hydroxylation is 2. The Hall–Kier alpha value is -2.73. The summed E-state index contributed by atoms with van der Waals surface area (Å²) in [4.78, 5) is 3.34. The van der Waals surface area contributed by atoms with E-state index >= 15 is 0 Å². The van der Waals surface area contributed by atoms with Gasteiger partial charge in [0.2, 0.25) is 0 Å². The lowest BCUT2D eigenvalue weighted by atomic mass is 10.1. The van der Waals surface area contributed by atoms with Crippen molar-refractivity contribution < 1.29 is 13.2 Å². The Morgan fingerprint density at radius 1 is 1.11 bits per heavy atom. The molecule has 144 valence electrons. The number of halogens is 4. The molecule has 3 nitrogen and oxygen atoms in total. The molecular weight excluding hydrogens is 387 g/mol. The zero-order chi connectivity index (χ0) is 20.1. The van der Waals surface area contributed by atoms with Gasteiger partial charge in [-0.2, -0.15) is 18.3 Å². The third-order valence-electron chi connectivity index (χ3n) is 4.78. The number of hydrogen-bond acceptors (Lipinski definition) is 1. The van der Waals surface area contributed by atoms with Gasteiger partial charge in [-0.3, -0.25) is 4.68 Å². The number of aromatic amines is 1. The van der Waals surface area contributed by atoms with Gasteiger partial charge in [-0.15, -0.1) is 0 Å². The van der Waals surface area contributed by atoms with E-state index in [4.69, 9.17) is 11.6 Å². The predicted molar refractivity (Wildman–Crippen MR) is 105 cm³/mol. The zero-order valence-corrected chi connectivity index (χ0v) is 16.0. The fourth-order valence-corrected chi connectivity index (χ4v) is 3.75. The SMILES string of the molecule is CCn1nc(C(F)(F)F)cc1-c1ccc2[nH]c(-c3c(C)cccc3Cl)cc2c1. The minimum Gasteiger partial charge on any atom is -0.354 e. The van der Waals surface area contributed by atoms with E-state index in [2.05, 4.69) is 10.1 Å². The molecule has 2 heterocycles. The lowest BCUT2D eigenvalue weighted by molar-refractivity contribution is -0.141. The molecule has 0 bridgehead atoms. The van der Waals surface area contributed by atoms with E-state index in [1.807, 2.05) is 43.3 Å². The van der Waals surface area contributed by atoms with Crippen LogP contribution >= 0.6 is 11.6 Å². The number of fused-ring (bicyclic) bond motifs is 1. The maximum Gasteiger partial charge on any atom is 0.435 e. The second-order valence-electron chi connectivity index (χ2n) is 6.65. The van der Waals surface area contributed by atoms with Gasteiger partial charge in [0.05, 0.1) is 10.7 Å². The molecule has 7 heteroatoms. The smallest absolute Gasteiger partial charge is 0.354 e. The second kappa shape index (κ2) is 6.71. The van der Waals surface area contributed by atoms with Crippen LogP contribution in [0.15, 0.2) is 48.5 Å². The molecule has 1 N–H and O–H groups in total. The lowest BCUT2D eigenvalue weighted by Crippen LogP contribution is -2.07. The summed E-state index contributed by atoms with van der Waals surface area (Å²) in [7, 11) is 0. The summed E-state index contributed by atoms with van der Waals surface area (Å²) in [5, 5.41) is 5.24. The van der Waals surface area contributed by atoms with Crippen molar-refractivity contribution in [3.05, 3.63) is 64.8 Å². The average Bonchev–Trinajstić information content (AvgIpc) is 3.24. The number of benzene rings is 2. The minimum atomic E-state index is -4.47. The molecule has 0 fully saturated rings. The van der Waals surface area contributed by atoms with Crippen LogP contribution in [0.4, 0.5) is 13.2 Å². The Labute approximate surface area is 164 Å². The Balaban J connectivity index is 1.83. The highest BCUT2D eigenvalue weighted by Gasteiger charge is 2.35. The normalized spacial score (nSPS) is 12.1. The van der Waals surface area contributed by atoms with Crippen LogP contribution in [-0.2, 0) is 12.7 Å². The third-order valence-corrected chi connectivity index (χ3v) is 5.09. The molecule has 0 radical (unpaired) electrons. The molecule has 0 saturated heterocycles. The van der Waals surface area contributed by atoms with E-state index in [9.17, 15) is 13.2 Å². The van der Waals surface area contributed by atoms with Gasteiger partial charge in [0.15, 0.2) is 5.69 Å². The molecule has 0 unspecified atom stereocenters. The molecule has 0 spiro atoms. The predicted octanol–water partition coefficient (Wildman–Crippen LogP) is 6.70. The summed E-state index contributed by atoms with van der Waals surface area (Å²) >= 11 is 6.37. The highest BCUT2D eigenvalue weighted by molar-refractivity contribution is 6.33. The maximum atomic E-state index is 13.1. The van der Waals surface area contributed by atoms with Crippen LogP contribution in [-0.4, -0.2) is 14.8 Å². The summed E-state index contributed by atoms with van der Waals surface area (Å²) in [6.45, 7) is 4.10. The fraction of sp³-hybridized carbons (Fsp3) is 0.190. The van der Waals surface area contributed by atoms with Gasteiger partial charge in [0.25, 0.3) is 0 Å². The van der Waals surface area contributed by atoms with Crippen molar-refractivity contribution in [1.82, 2.24) is 14.8 Å². The topological polar surface area (TPSA) is 33.6 Å². The summed E-state index contributed by atoms with van der Waals surface area (Å²) < 4.78 is 40.5. The van der Waals surface area contributed by atoms with Crippen LogP contribution in [0.1, 0.15) is 18.2 Å². The molecule has 28 heavy (non-hydrogen) atoms. The average molecular weight is 404 g/mol. The first-order valence-electron chi connectivity index (χ1n) is 8.81. The van der Waals surface area contributed by atoms with Gasteiger partial charge < -0.3 is 4.98 Å². The fourth-order valence-electron chi connectivity index (χ4n) is 3.43. The van der Waals surface area contributed by atoms with Crippen molar-refractivity contribution in [3.8, 4) is 22.5 Å². The molecular formula is C21H17ClF3N3. The van der Waals surface area contributed by atoms with Crippen molar-refractivity contribution in [3.63, 3.8) is 0 Å². The van der Waals surface area contributed by atoms with E-state index in [0.717, 1.165) is 33.8 Å². The van der Waals surface area contributed by atoms with Crippen molar-refractivity contribution in [2.45, 2.75) is 26.6 Å². The van der Waals surface area contributed by atoms with Crippen molar-refractivity contribution in [2.75, 3.05) is 0 Å². The van der Waals surface area contributed by atoms with E-state index in [0.29, 0.717) is 22.8 Å². The molecule has 2 aromatic heterocycles. The maximum absolute atomic E-state index is 13.1. The molecule has 0 atom stereocenters. The molecule has 0 aliphatic heterocycles. The standard InChI is InChI=1S/C21H17ClF3N3/c1-3-28-18(11-19(27-28)21(23,24)25)13-7-8-16-14(9-13)10-17(26-16)20-12(2)5-4-6-15(20)22/h4-11,26H,3H2,1-2H3. The quantitative estimate of drug-likeness (QED) is 0.405. The van der Waals surface area contributed by atoms with E-state index in [1.54, 1.807) is 13.0 Å². The van der Waals surface area contributed by atoms with Crippen LogP contribution in [0.25, 0.3) is 33.4 Å². The van der Waals surface area contributed by atoms with Crippen molar-refractivity contribution >= 4 is 22.5 Å². The van der Waals surface area contributed by atoms with E-state index in [1.165, 1.54) is 4.68 Å². The number of nitrogens with one attached hydrogen (secondary N) is 1. The summed E-state index contributed by atoms with van der Waals surface area (Å²) in [5.74, 6) is 0. The second-order valence-corrected chi connectivity index (χ2v) is 7.05. The van der Waals surface area contributed by atoms with Crippen LogP contribution in [0.5, 0.6) is 0 Å². The third kappa shape index (κ3) is 3.18. The first kappa shape index (κ1) is 18.6. The van der Waals surface area contributed by atoms with Crippen LogP contribution in [0.3, 0.4) is 0 Å². The molecule has 0 aliphatic carbocycles. The molecule has 0 saturated carbocycles. The highest BCUT2D eigenvalue weighted by atomic mass is 35.5. The highest BCUT2D eigenvalue weighted by Crippen LogP contribution is 2.35. The first-order valence-corrected chi connectivity index (χ1v) is 9.19. The number of H-pyrrole nitrogens is 1. The van der Waals surface area contributed by atoms with Gasteiger partial charge in [-0.25, -0.2) is 0 Å². The van der Waals surface area contributed by atoms with E-state index in [-0.39, 0.29) is 0 Å². The molecule has 4 aromatic rings. The Bertz CT molecular complexity index is 1150. The molecule has 0 aliphatic rings. The molecule has 0 amide bonds. The molecule has 4 rings (SSSR count). The summed E-state index contributed by atoms with van der Waals surface area (Å²) in [6.07, 6.45) is -4.47. The van der Waals surface area contributed by atoms with Crippen LogP contribution < -0.4 is 0 Å². The minimum absolute atomic E-state index is 0.348. The number of aromatic nitrogens is 3. The van der Waals surface area contributed by atoms with Crippen LogP contribution in [0, 0.1) is 6.92 Å². The Kier molecular flexibility index (Phi) is 4.46. The number of alkyl halides is 3. The summed E-state index contributed by atoms with van der Waals surface area (Å²) in [5.41, 5.74) is 3.95. The zero-order valence-electron chi connectivity index (χ0n) is 15.2. The Morgan fingerprint density at radius 3 is 2.57 bits per heavy atom. The number of nitrogens with zero attached hydrogens (tertiary/aromatic N) is 2. The largest absolute Gasteiger partial charge is 0.435 e. The van der Waals surface area contributed by atoms with Gasteiger partial charge in [-0.05, 0) is 49.7 Å². The van der Waals surface area contributed by atoms with Crippen molar-refractivity contribution in [2.24, 2.45) is 0 Å². The van der Waals surface area contributed by atoms with Gasteiger partial charge in [0, 0.05) is 34.3 Å². The van der Waals surface area contributed by atoms with Gasteiger partial charge in [0.1, 0.15) is 0 Å². The number of rotatable bonds is 3. The summed E-state index contributed by atoms with van der Waals surface area (Å²) in [6, 6.07) is 14.3. The Morgan fingerprint density at radius 2 is 1.89 bits per heavy atom. The lowest BCUT2D eigenvalue weighted by Gasteiger charge is -2.05. The van der Waals surface area contributed by atoms with E-state index < -0.39 is 11.9 Å².